The monoisotopic (exact) mass is 391 g/mol. The summed E-state index contributed by atoms with van der Waals surface area (Å²) >= 11 is 5.86. The second-order valence-electron chi connectivity index (χ2n) is 6.79. The van der Waals surface area contributed by atoms with Crippen molar-refractivity contribution in [1.82, 2.24) is 4.31 Å². The summed E-state index contributed by atoms with van der Waals surface area (Å²) in [7, 11) is -3.37. The second-order valence-corrected chi connectivity index (χ2v) is 9.20. The molecule has 0 unspecified atom stereocenters. The maximum absolute atomic E-state index is 12.7. The Labute approximate surface area is 159 Å². The van der Waals surface area contributed by atoms with E-state index in [0.717, 1.165) is 11.1 Å². The number of nitrogens with zero attached hydrogens (tertiary/aromatic N) is 1. The molecule has 0 saturated carbocycles. The van der Waals surface area contributed by atoms with Gasteiger partial charge in [-0.15, -0.1) is 0 Å². The van der Waals surface area contributed by atoms with Crippen LogP contribution in [0, 0.1) is 12.8 Å². The summed E-state index contributed by atoms with van der Waals surface area (Å²) in [6.07, 6.45) is 1.10. The molecule has 1 aliphatic rings. The van der Waals surface area contributed by atoms with Crippen LogP contribution in [0.5, 0.6) is 0 Å². The van der Waals surface area contributed by atoms with Crippen molar-refractivity contribution in [3.63, 3.8) is 0 Å². The largest absolute Gasteiger partial charge is 0.294 e. The molecule has 1 saturated heterocycles. The molecule has 1 fully saturated rings. The van der Waals surface area contributed by atoms with Crippen LogP contribution in [0.3, 0.4) is 0 Å². The number of rotatable bonds is 5. The van der Waals surface area contributed by atoms with Crippen LogP contribution in [0.15, 0.2) is 48.5 Å². The zero-order valence-electron chi connectivity index (χ0n) is 14.7. The molecule has 2 aromatic rings. The van der Waals surface area contributed by atoms with Crippen LogP contribution in [0.2, 0.25) is 5.02 Å². The predicted octanol–water partition coefficient (Wildman–Crippen LogP) is 4.07. The molecule has 0 aliphatic carbocycles. The van der Waals surface area contributed by atoms with E-state index in [-0.39, 0.29) is 17.5 Å². The summed E-state index contributed by atoms with van der Waals surface area (Å²) < 4.78 is 26.9. The Morgan fingerprint density at radius 1 is 1.12 bits per heavy atom. The molecule has 1 heterocycles. The summed E-state index contributed by atoms with van der Waals surface area (Å²) in [5.74, 6) is -0.0659. The standard InChI is InChI=1S/C20H22ClNO3S/c1-15-3-2-4-16(13-15)14-26(24,25)22-11-9-18(10-12-22)20(23)17-5-7-19(21)8-6-17/h2-8,13,18H,9-12,14H2,1H3. The van der Waals surface area contributed by atoms with E-state index in [2.05, 4.69) is 0 Å². The quantitative estimate of drug-likeness (QED) is 0.722. The highest BCUT2D eigenvalue weighted by Crippen LogP contribution is 2.25. The van der Waals surface area contributed by atoms with Gasteiger partial charge in [-0.05, 0) is 49.6 Å². The van der Waals surface area contributed by atoms with Crippen molar-refractivity contribution < 1.29 is 13.2 Å². The van der Waals surface area contributed by atoms with Gasteiger partial charge in [0.25, 0.3) is 0 Å². The summed E-state index contributed by atoms with van der Waals surface area (Å²) in [4.78, 5) is 12.6. The van der Waals surface area contributed by atoms with Gasteiger partial charge >= 0.3 is 0 Å². The van der Waals surface area contributed by atoms with Gasteiger partial charge in [0.1, 0.15) is 0 Å². The molecule has 1 aliphatic heterocycles. The highest BCUT2D eigenvalue weighted by molar-refractivity contribution is 7.88. The number of Topliss-reactive ketones (excluding diaryl/α,β-unsaturated/α-hetero) is 1. The van der Waals surface area contributed by atoms with Gasteiger partial charge in [-0.3, -0.25) is 4.79 Å². The van der Waals surface area contributed by atoms with Gasteiger partial charge in [-0.1, -0.05) is 41.4 Å². The summed E-state index contributed by atoms with van der Waals surface area (Å²) in [5, 5.41) is 0.596. The number of hydrogen-bond donors (Lipinski definition) is 0. The predicted molar refractivity (Wildman–Crippen MR) is 104 cm³/mol. The van der Waals surface area contributed by atoms with E-state index in [1.807, 2.05) is 31.2 Å². The lowest BCUT2D eigenvalue weighted by atomic mass is 9.90. The average Bonchev–Trinajstić information content (AvgIpc) is 2.61. The Bertz CT molecular complexity index is 886. The summed E-state index contributed by atoms with van der Waals surface area (Å²) in [5.41, 5.74) is 2.48. The van der Waals surface area contributed by atoms with E-state index in [1.165, 1.54) is 4.31 Å². The van der Waals surface area contributed by atoms with Crippen LogP contribution in [0.25, 0.3) is 0 Å². The van der Waals surface area contributed by atoms with Crippen molar-refractivity contribution in [1.29, 1.82) is 0 Å². The van der Waals surface area contributed by atoms with E-state index >= 15 is 0 Å². The van der Waals surface area contributed by atoms with Gasteiger partial charge in [0.2, 0.25) is 10.0 Å². The molecule has 0 atom stereocenters. The zero-order valence-corrected chi connectivity index (χ0v) is 16.3. The molecule has 0 bridgehead atoms. The first-order chi connectivity index (χ1) is 12.3. The lowest BCUT2D eigenvalue weighted by Gasteiger charge is -2.30. The fraction of sp³-hybridized carbons (Fsp3) is 0.350. The molecular weight excluding hydrogens is 370 g/mol. The van der Waals surface area contributed by atoms with Crippen LogP contribution in [-0.2, 0) is 15.8 Å². The molecule has 0 radical (unpaired) electrons. The van der Waals surface area contributed by atoms with Gasteiger partial charge in [0.05, 0.1) is 5.75 Å². The molecule has 0 amide bonds. The van der Waals surface area contributed by atoms with Crippen molar-refractivity contribution >= 4 is 27.4 Å². The SMILES string of the molecule is Cc1cccc(CS(=O)(=O)N2CCC(C(=O)c3ccc(Cl)cc3)CC2)c1. The highest BCUT2D eigenvalue weighted by Gasteiger charge is 2.31. The molecule has 0 spiro atoms. The Balaban J connectivity index is 1.62. The molecule has 0 N–H and O–H groups in total. The fourth-order valence-corrected chi connectivity index (χ4v) is 5.03. The Morgan fingerprint density at radius 2 is 1.77 bits per heavy atom. The minimum atomic E-state index is -3.37. The Morgan fingerprint density at radius 3 is 2.38 bits per heavy atom. The zero-order chi connectivity index (χ0) is 18.7. The number of benzene rings is 2. The number of aryl methyl sites for hydroxylation is 1. The Hall–Kier alpha value is -1.69. The minimum Gasteiger partial charge on any atom is -0.294 e. The maximum Gasteiger partial charge on any atom is 0.218 e. The van der Waals surface area contributed by atoms with Gasteiger partial charge < -0.3 is 0 Å². The third-order valence-electron chi connectivity index (χ3n) is 4.78. The summed E-state index contributed by atoms with van der Waals surface area (Å²) in [6, 6.07) is 14.4. The number of ketones is 1. The minimum absolute atomic E-state index is 0.00444. The van der Waals surface area contributed by atoms with Crippen LogP contribution in [0.1, 0.15) is 34.3 Å². The number of piperidine rings is 1. The van der Waals surface area contributed by atoms with Crippen molar-refractivity contribution in [2.45, 2.75) is 25.5 Å². The second kappa shape index (κ2) is 7.91. The van der Waals surface area contributed by atoms with E-state index in [0.29, 0.717) is 36.5 Å². The molecule has 138 valence electrons. The van der Waals surface area contributed by atoms with Crippen LogP contribution in [-0.4, -0.2) is 31.6 Å². The highest BCUT2D eigenvalue weighted by atomic mass is 35.5. The Kier molecular flexibility index (Phi) is 5.80. The normalized spacial score (nSPS) is 16.5. The van der Waals surface area contributed by atoms with Gasteiger partial charge in [-0.25, -0.2) is 12.7 Å². The van der Waals surface area contributed by atoms with Crippen molar-refractivity contribution in [3.8, 4) is 0 Å². The molecule has 0 aromatic heterocycles. The smallest absolute Gasteiger partial charge is 0.218 e. The lowest BCUT2D eigenvalue weighted by molar-refractivity contribution is 0.0875. The van der Waals surface area contributed by atoms with Gasteiger partial charge in [0, 0.05) is 29.6 Å². The van der Waals surface area contributed by atoms with Crippen molar-refractivity contribution in [3.05, 3.63) is 70.2 Å². The topological polar surface area (TPSA) is 54.5 Å². The molecule has 3 rings (SSSR count). The first-order valence-corrected chi connectivity index (χ1v) is 10.7. The third-order valence-corrected chi connectivity index (χ3v) is 6.88. The lowest BCUT2D eigenvalue weighted by Crippen LogP contribution is -2.40. The number of hydrogen-bond acceptors (Lipinski definition) is 3. The number of carbonyl (C=O) groups excluding carboxylic acids is 1. The van der Waals surface area contributed by atoms with Crippen LogP contribution < -0.4 is 0 Å². The van der Waals surface area contributed by atoms with Crippen molar-refractivity contribution in [2.24, 2.45) is 5.92 Å². The first kappa shape index (κ1) is 19.1. The van der Waals surface area contributed by atoms with Crippen LogP contribution >= 0.6 is 11.6 Å². The number of sulfonamides is 1. The van der Waals surface area contributed by atoms with E-state index in [9.17, 15) is 13.2 Å². The first-order valence-electron chi connectivity index (χ1n) is 8.68. The molecular formula is C20H22ClNO3S. The summed E-state index contributed by atoms with van der Waals surface area (Å²) in [6.45, 7) is 2.72. The van der Waals surface area contributed by atoms with Gasteiger partial charge in [0.15, 0.2) is 5.78 Å². The molecule has 2 aromatic carbocycles. The van der Waals surface area contributed by atoms with Gasteiger partial charge in [-0.2, -0.15) is 0 Å². The fourth-order valence-electron chi connectivity index (χ4n) is 3.35. The molecule has 4 nitrogen and oxygen atoms in total. The van der Waals surface area contributed by atoms with E-state index in [4.69, 9.17) is 11.6 Å². The average molecular weight is 392 g/mol. The van der Waals surface area contributed by atoms with E-state index in [1.54, 1.807) is 24.3 Å². The van der Waals surface area contributed by atoms with E-state index < -0.39 is 10.0 Å². The third kappa shape index (κ3) is 4.53. The van der Waals surface area contributed by atoms with Crippen molar-refractivity contribution in [2.75, 3.05) is 13.1 Å². The maximum atomic E-state index is 12.7. The number of carbonyl (C=O) groups is 1. The number of halogens is 1. The van der Waals surface area contributed by atoms with Crippen LogP contribution in [0.4, 0.5) is 0 Å². The molecule has 26 heavy (non-hydrogen) atoms. The molecule has 6 heteroatoms.